The first-order valence-corrected chi connectivity index (χ1v) is 7.29. The van der Waals surface area contributed by atoms with Crippen LogP contribution in [0.2, 0.25) is 5.02 Å². The molecule has 0 radical (unpaired) electrons. The molecule has 0 aliphatic carbocycles. The van der Waals surface area contributed by atoms with Crippen molar-refractivity contribution in [3.8, 4) is 5.75 Å². The number of aryl methyl sites for hydroxylation is 1. The van der Waals surface area contributed by atoms with Gasteiger partial charge in [-0.3, -0.25) is 14.9 Å². The largest absolute Gasteiger partial charge is 0.487 e. The molecule has 0 aliphatic heterocycles. The fraction of sp³-hybridized carbons (Fsp3) is 0.188. The number of hydrogen-bond acceptors (Lipinski definition) is 4. The number of nitro benzene ring substituents is 1. The highest BCUT2D eigenvalue weighted by atomic mass is 35.5. The fourth-order valence-corrected chi connectivity index (χ4v) is 2.27. The third-order valence-electron chi connectivity index (χ3n) is 3.15. The molecule has 6 nitrogen and oxygen atoms in total. The number of rotatable bonds is 5. The molecule has 0 saturated heterocycles. The second-order valence-corrected chi connectivity index (χ2v) is 5.22. The highest BCUT2D eigenvalue weighted by molar-refractivity contribution is 6.30. The van der Waals surface area contributed by atoms with Crippen LogP contribution in [0.3, 0.4) is 0 Å². The minimum absolute atomic E-state index is 0.136. The molecule has 0 spiro atoms. The summed E-state index contributed by atoms with van der Waals surface area (Å²) in [4.78, 5) is 22.8. The second-order valence-electron chi connectivity index (χ2n) is 4.79. The molecular formula is C16H15ClN2O4. The molecule has 0 unspecified atom stereocenters. The van der Waals surface area contributed by atoms with Gasteiger partial charge in [0, 0.05) is 22.3 Å². The molecule has 1 N–H and O–H groups in total. The van der Waals surface area contributed by atoms with E-state index in [1.165, 1.54) is 18.2 Å². The number of hydrogen-bond donors (Lipinski definition) is 1. The number of carbonyl (C=O) groups excluding carboxylic acids is 1. The normalized spacial score (nSPS) is 10.2. The smallest absolute Gasteiger partial charge is 0.311 e. The predicted molar refractivity (Wildman–Crippen MR) is 88.4 cm³/mol. The first-order valence-electron chi connectivity index (χ1n) is 6.91. The van der Waals surface area contributed by atoms with E-state index in [1.54, 1.807) is 25.1 Å². The van der Waals surface area contributed by atoms with Gasteiger partial charge in [-0.15, -0.1) is 0 Å². The second kappa shape index (κ2) is 7.11. The SMILES string of the molecule is CCOc1ccc(C(=O)Nc2ccc(Cl)cc2C)cc1[N+](=O)[O-]. The summed E-state index contributed by atoms with van der Waals surface area (Å²) in [5.74, 6) is -0.307. The third kappa shape index (κ3) is 3.98. The number of halogens is 1. The van der Waals surface area contributed by atoms with Crippen molar-refractivity contribution in [2.24, 2.45) is 0 Å². The molecule has 0 bridgehead atoms. The zero-order valence-electron chi connectivity index (χ0n) is 12.6. The number of amides is 1. The molecule has 0 atom stereocenters. The van der Waals surface area contributed by atoms with Crippen LogP contribution in [0.4, 0.5) is 11.4 Å². The quantitative estimate of drug-likeness (QED) is 0.656. The average molecular weight is 335 g/mol. The van der Waals surface area contributed by atoms with E-state index < -0.39 is 10.8 Å². The molecule has 0 aliphatic rings. The van der Waals surface area contributed by atoms with Crippen LogP contribution in [0.1, 0.15) is 22.8 Å². The molecule has 0 saturated carbocycles. The molecule has 0 heterocycles. The topological polar surface area (TPSA) is 81.5 Å². The Morgan fingerprint density at radius 2 is 2.04 bits per heavy atom. The van der Waals surface area contributed by atoms with Gasteiger partial charge in [-0.1, -0.05) is 11.6 Å². The average Bonchev–Trinajstić information content (AvgIpc) is 2.50. The van der Waals surface area contributed by atoms with E-state index >= 15 is 0 Å². The van der Waals surface area contributed by atoms with E-state index in [1.807, 2.05) is 6.92 Å². The predicted octanol–water partition coefficient (Wildman–Crippen LogP) is 4.21. The monoisotopic (exact) mass is 334 g/mol. The van der Waals surface area contributed by atoms with E-state index in [0.29, 0.717) is 17.3 Å². The summed E-state index contributed by atoms with van der Waals surface area (Å²) in [6, 6.07) is 9.16. The lowest BCUT2D eigenvalue weighted by Crippen LogP contribution is -2.13. The van der Waals surface area contributed by atoms with Crippen LogP contribution in [0.15, 0.2) is 36.4 Å². The summed E-state index contributed by atoms with van der Waals surface area (Å²) in [7, 11) is 0. The van der Waals surface area contributed by atoms with Crippen molar-refractivity contribution in [2.75, 3.05) is 11.9 Å². The Hall–Kier alpha value is -2.60. The van der Waals surface area contributed by atoms with E-state index in [4.69, 9.17) is 16.3 Å². The fourth-order valence-electron chi connectivity index (χ4n) is 2.04. The number of nitrogens with zero attached hydrogens (tertiary/aromatic N) is 1. The Bertz CT molecular complexity index is 762. The van der Waals surface area contributed by atoms with Crippen LogP contribution in [0.25, 0.3) is 0 Å². The van der Waals surface area contributed by atoms with Crippen molar-refractivity contribution in [1.82, 2.24) is 0 Å². The Kier molecular flexibility index (Phi) is 5.18. The maximum absolute atomic E-state index is 12.3. The maximum atomic E-state index is 12.3. The molecular weight excluding hydrogens is 320 g/mol. The Morgan fingerprint density at radius 1 is 1.30 bits per heavy atom. The van der Waals surface area contributed by atoms with Gasteiger partial charge in [0.1, 0.15) is 0 Å². The van der Waals surface area contributed by atoms with Crippen LogP contribution in [-0.2, 0) is 0 Å². The number of ether oxygens (including phenoxy) is 1. The summed E-state index contributed by atoms with van der Waals surface area (Å²) in [6.45, 7) is 3.84. The van der Waals surface area contributed by atoms with E-state index in [-0.39, 0.29) is 17.0 Å². The van der Waals surface area contributed by atoms with Crippen molar-refractivity contribution in [3.63, 3.8) is 0 Å². The van der Waals surface area contributed by atoms with Gasteiger partial charge in [-0.05, 0) is 49.7 Å². The van der Waals surface area contributed by atoms with E-state index in [9.17, 15) is 14.9 Å². The molecule has 7 heteroatoms. The van der Waals surface area contributed by atoms with E-state index in [2.05, 4.69) is 5.32 Å². The summed E-state index contributed by atoms with van der Waals surface area (Å²) in [6.07, 6.45) is 0. The lowest BCUT2D eigenvalue weighted by molar-refractivity contribution is -0.385. The number of nitrogens with one attached hydrogen (secondary N) is 1. The molecule has 0 aromatic heterocycles. The van der Waals surface area contributed by atoms with Crippen LogP contribution in [-0.4, -0.2) is 17.4 Å². The minimum atomic E-state index is -0.574. The van der Waals surface area contributed by atoms with Crippen LogP contribution in [0.5, 0.6) is 5.75 Å². The van der Waals surface area contributed by atoms with Gasteiger partial charge in [-0.2, -0.15) is 0 Å². The maximum Gasteiger partial charge on any atom is 0.311 e. The lowest BCUT2D eigenvalue weighted by Gasteiger charge is -2.10. The molecule has 2 aromatic rings. The Balaban J connectivity index is 2.28. The number of benzene rings is 2. The van der Waals surface area contributed by atoms with Crippen LogP contribution in [0, 0.1) is 17.0 Å². The molecule has 23 heavy (non-hydrogen) atoms. The summed E-state index contributed by atoms with van der Waals surface area (Å²) in [5, 5.41) is 14.4. The van der Waals surface area contributed by atoms with Crippen molar-refractivity contribution in [1.29, 1.82) is 0 Å². The third-order valence-corrected chi connectivity index (χ3v) is 3.39. The Morgan fingerprint density at radius 3 is 2.65 bits per heavy atom. The van der Waals surface area contributed by atoms with Crippen molar-refractivity contribution < 1.29 is 14.5 Å². The van der Waals surface area contributed by atoms with Crippen LogP contribution < -0.4 is 10.1 Å². The Labute approximate surface area is 138 Å². The van der Waals surface area contributed by atoms with Gasteiger partial charge < -0.3 is 10.1 Å². The molecule has 120 valence electrons. The molecule has 2 rings (SSSR count). The number of carbonyl (C=O) groups is 1. The number of anilines is 1. The van der Waals surface area contributed by atoms with Gasteiger partial charge >= 0.3 is 5.69 Å². The first kappa shape index (κ1) is 16.8. The van der Waals surface area contributed by atoms with Gasteiger partial charge in [0.05, 0.1) is 11.5 Å². The summed E-state index contributed by atoms with van der Waals surface area (Å²) in [5.41, 5.74) is 1.32. The van der Waals surface area contributed by atoms with Gasteiger partial charge in [0.15, 0.2) is 5.75 Å². The summed E-state index contributed by atoms with van der Waals surface area (Å²) < 4.78 is 5.20. The number of nitro groups is 1. The van der Waals surface area contributed by atoms with Crippen molar-refractivity contribution >= 4 is 28.9 Å². The van der Waals surface area contributed by atoms with Gasteiger partial charge in [0.25, 0.3) is 5.91 Å². The first-order chi connectivity index (χ1) is 10.9. The minimum Gasteiger partial charge on any atom is -0.487 e. The highest BCUT2D eigenvalue weighted by Crippen LogP contribution is 2.28. The standard InChI is InChI=1S/C16H15ClN2O4/c1-3-23-15-7-4-11(9-14(15)19(21)22)16(20)18-13-6-5-12(17)8-10(13)2/h4-9H,3H2,1-2H3,(H,18,20). The van der Waals surface area contributed by atoms with Gasteiger partial charge in [0.2, 0.25) is 0 Å². The van der Waals surface area contributed by atoms with Crippen molar-refractivity contribution in [3.05, 3.63) is 62.7 Å². The lowest BCUT2D eigenvalue weighted by atomic mass is 10.1. The van der Waals surface area contributed by atoms with Crippen LogP contribution >= 0.6 is 11.6 Å². The highest BCUT2D eigenvalue weighted by Gasteiger charge is 2.19. The summed E-state index contributed by atoms with van der Waals surface area (Å²) >= 11 is 5.87. The zero-order chi connectivity index (χ0) is 17.0. The molecule has 2 aromatic carbocycles. The van der Waals surface area contributed by atoms with E-state index in [0.717, 1.165) is 5.56 Å². The van der Waals surface area contributed by atoms with Gasteiger partial charge in [-0.25, -0.2) is 0 Å². The zero-order valence-corrected chi connectivity index (χ0v) is 13.4. The molecule has 1 amide bonds. The van der Waals surface area contributed by atoms with Crippen molar-refractivity contribution in [2.45, 2.75) is 13.8 Å². The molecule has 0 fully saturated rings.